The molecule has 1 aliphatic heterocycles. The minimum Gasteiger partial charge on any atom is -0.450 e. The van der Waals surface area contributed by atoms with Crippen LogP contribution in [0.4, 0.5) is 4.79 Å². The molecule has 1 amide bonds. The molecule has 0 unspecified atom stereocenters. The zero-order chi connectivity index (χ0) is 11.5. The van der Waals surface area contributed by atoms with Gasteiger partial charge in [0.1, 0.15) is 5.76 Å². The molecule has 0 bridgehead atoms. The normalized spacial score (nSPS) is 15.4. The Morgan fingerprint density at radius 3 is 3.00 bits per heavy atom. The summed E-state index contributed by atoms with van der Waals surface area (Å²) in [6.07, 6.45) is 0.733. The number of hydrogen-bond acceptors (Lipinski definition) is 4. The predicted molar refractivity (Wildman–Crippen MR) is 55.3 cm³/mol. The summed E-state index contributed by atoms with van der Waals surface area (Å²) in [7, 11) is 0. The van der Waals surface area contributed by atoms with Gasteiger partial charge in [-0.2, -0.15) is 5.16 Å². The average molecular weight is 226 g/mol. The van der Waals surface area contributed by atoms with Gasteiger partial charge in [-0.25, -0.2) is 4.79 Å². The number of H-pyrrole nitrogens is 1. The number of aromatic nitrogens is 1. The maximum atomic E-state index is 11.5. The van der Waals surface area contributed by atoms with Crippen LogP contribution in [0.5, 0.6) is 0 Å². The van der Waals surface area contributed by atoms with Crippen LogP contribution in [0.15, 0.2) is 9.32 Å². The number of aromatic amines is 1. The molecule has 0 fully saturated rings. The molecule has 0 aliphatic carbocycles. The van der Waals surface area contributed by atoms with Crippen LogP contribution in [0.1, 0.15) is 18.2 Å². The summed E-state index contributed by atoms with van der Waals surface area (Å²) in [5.41, 5.74) is 0.451. The van der Waals surface area contributed by atoms with Crippen LogP contribution in [0.3, 0.4) is 0 Å². The minimum absolute atomic E-state index is 0.194. The first-order valence-corrected chi connectivity index (χ1v) is 5.33. The molecular formula is C10H14N2O4. The summed E-state index contributed by atoms with van der Waals surface area (Å²) in [4.78, 5) is 24.4. The Kier molecular flexibility index (Phi) is 2.98. The molecule has 2 rings (SSSR count). The van der Waals surface area contributed by atoms with E-state index < -0.39 is 0 Å². The Morgan fingerprint density at radius 2 is 2.25 bits per heavy atom. The highest BCUT2D eigenvalue weighted by molar-refractivity contribution is 5.67. The van der Waals surface area contributed by atoms with Crippen molar-refractivity contribution in [2.24, 2.45) is 0 Å². The van der Waals surface area contributed by atoms with Crippen LogP contribution in [0.2, 0.25) is 0 Å². The second-order valence-corrected chi connectivity index (χ2v) is 3.62. The average Bonchev–Trinajstić information content (AvgIpc) is 2.51. The molecule has 1 aromatic rings. The topological polar surface area (TPSA) is 75.5 Å². The Balaban J connectivity index is 2.07. The van der Waals surface area contributed by atoms with Gasteiger partial charge in [0.05, 0.1) is 12.2 Å². The number of fused-ring (bicyclic) bond motifs is 1. The lowest BCUT2D eigenvalue weighted by Crippen LogP contribution is -2.34. The lowest BCUT2D eigenvalue weighted by molar-refractivity contribution is 0.108. The van der Waals surface area contributed by atoms with Gasteiger partial charge in [0.15, 0.2) is 0 Å². The number of nitrogens with one attached hydrogen (secondary N) is 1. The summed E-state index contributed by atoms with van der Waals surface area (Å²) in [6, 6.07) is 0. The molecule has 0 spiro atoms. The van der Waals surface area contributed by atoms with Crippen molar-refractivity contribution < 1.29 is 14.1 Å². The lowest BCUT2D eigenvalue weighted by Gasteiger charge is -2.18. The molecule has 0 radical (unpaired) electrons. The fourth-order valence-corrected chi connectivity index (χ4v) is 1.81. The molecule has 6 nitrogen and oxygen atoms in total. The number of carbonyl (C=O) groups is 1. The van der Waals surface area contributed by atoms with Gasteiger partial charge in [0, 0.05) is 19.5 Å². The van der Waals surface area contributed by atoms with Crippen LogP contribution in [-0.2, 0) is 17.6 Å². The van der Waals surface area contributed by atoms with E-state index in [-0.39, 0.29) is 11.7 Å². The summed E-state index contributed by atoms with van der Waals surface area (Å²) in [5.74, 6) is 0.650. The van der Waals surface area contributed by atoms with E-state index in [1.165, 1.54) is 0 Å². The van der Waals surface area contributed by atoms with Crippen LogP contribution >= 0.6 is 0 Å². The first-order valence-electron chi connectivity index (χ1n) is 5.33. The van der Waals surface area contributed by atoms with Gasteiger partial charge in [-0.3, -0.25) is 4.79 Å². The molecule has 0 saturated heterocycles. The summed E-state index contributed by atoms with van der Waals surface area (Å²) < 4.78 is 9.95. The Morgan fingerprint density at radius 1 is 1.50 bits per heavy atom. The fraction of sp³-hybridized carbons (Fsp3) is 0.600. The van der Waals surface area contributed by atoms with Crippen molar-refractivity contribution in [3.8, 4) is 0 Å². The van der Waals surface area contributed by atoms with Gasteiger partial charge in [-0.1, -0.05) is 0 Å². The molecule has 16 heavy (non-hydrogen) atoms. The smallest absolute Gasteiger partial charge is 0.409 e. The van der Waals surface area contributed by atoms with E-state index in [0.29, 0.717) is 43.9 Å². The van der Waals surface area contributed by atoms with E-state index >= 15 is 0 Å². The number of rotatable bonds is 1. The van der Waals surface area contributed by atoms with Crippen molar-refractivity contribution in [1.82, 2.24) is 10.1 Å². The molecule has 0 saturated carbocycles. The van der Waals surface area contributed by atoms with E-state index in [1.54, 1.807) is 11.8 Å². The summed E-state index contributed by atoms with van der Waals surface area (Å²) in [6.45, 7) is 3.14. The van der Waals surface area contributed by atoms with Crippen LogP contribution in [0, 0.1) is 0 Å². The van der Waals surface area contributed by atoms with E-state index in [1.807, 2.05) is 0 Å². The molecule has 6 heteroatoms. The van der Waals surface area contributed by atoms with Crippen LogP contribution in [0.25, 0.3) is 0 Å². The first kappa shape index (κ1) is 10.8. The molecule has 0 atom stereocenters. The zero-order valence-corrected chi connectivity index (χ0v) is 9.12. The van der Waals surface area contributed by atoms with Gasteiger partial charge >= 0.3 is 6.09 Å². The SMILES string of the molecule is CCOC(=O)N1CCc2o[nH]c(=O)c2CC1. The third-order valence-corrected chi connectivity index (χ3v) is 2.64. The maximum Gasteiger partial charge on any atom is 0.409 e. The number of hydrogen-bond donors (Lipinski definition) is 1. The highest BCUT2D eigenvalue weighted by Gasteiger charge is 2.23. The highest BCUT2D eigenvalue weighted by Crippen LogP contribution is 2.12. The zero-order valence-electron chi connectivity index (χ0n) is 9.12. The fourth-order valence-electron chi connectivity index (χ4n) is 1.81. The van der Waals surface area contributed by atoms with Gasteiger partial charge < -0.3 is 14.2 Å². The standard InChI is InChI=1S/C10H14N2O4/c1-2-15-10(14)12-5-3-7-8(4-6-12)16-11-9(7)13/h2-6H2,1H3,(H,11,13). The summed E-state index contributed by atoms with van der Waals surface area (Å²) >= 11 is 0. The lowest BCUT2D eigenvalue weighted by atomic mass is 10.2. The van der Waals surface area contributed by atoms with E-state index in [0.717, 1.165) is 0 Å². The molecule has 0 aromatic carbocycles. The third kappa shape index (κ3) is 1.95. The van der Waals surface area contributed by atoms with Crippen molar-refractivity contribution in [3.05, 3.63) is 21.7 Å². The van der Waals surface area contributed by atoms with Gasteiger partial charge in [-0.05, 0) is 13.3 Å². The molecule has 1 N–H and O–H groups in total. The third-order valence-electron chi connectivity index (χ3n) is 2.64. The van der Waals surface area contributed by atoms with Crippen molar-refractivity contribution >= 4 is 6.09 Å². The molecular weight excluding hydrogens is 212 g/mol. The van der Waals surface area contributed by atoms with Crippen molar-refractivity contribution in [1.29, 1.82) is 0 Å². The van der Waals surface area contributed by atoms with E-state index in [9.17, 15) is 9.59 Å². The first-order chi connectivity index (χ1) is 7.72. The monoisotopic (exact) mass is 226 g/mol. The Hall–Kier alpha value is -1.72. The minimum atomic E-state index is -0.330. The Bertz CT molecular complexity index is 434. The quantitative estimate of drug-likeness (QED) is 0.757. The number of nitrogens with zero attached hydrogens (tertiary/aromatic N) is 1. The van der Waals surface area contributed by atoms with Gasteiger partial charge in [0.25, 0.3) is 5.56 Å². The number of amides is 1. The predicted octanol–water partition coefficient (Wildman–Crippen LogP) is 0.525. The number of carbonyl (C=O) groups excluding carboxylic acids is 1. The van der Waals surface area contributed by atoms with Crippen LogP contribution in [-0.4, -0.2) is 35.8 Å². The Labute approximate surface area is 92.1 Å². The molecule has 88 valence electrons. The number of ether oxygens (including phenoxy) is 1. The van der Waals surface area contributed by atoms with E-state index in [2.05, 4.69) is 5.16 Å². The highest BCUT2D eigenvalue weighted by atomic mass is 16.6. The molecule has 2 heterocycles. The second kappa shape index (κ2) is 4.42. The van der Waals surface area contributed by atoms with E-state index in [4.69, 9.17) is 9.26 Å². The molecule has 1 aliphatic rings. The van der Waals surface area contributed by atoms with Gasteiger partial charge in [-0.15, -0.1) is 0 Å². The maximum absolute atomic E-state index is 11.5. The second-order valence-electron chi connectivity index (χ2n) is 3.62. The largest absolute Gasteiger partial charge is 0.450 e. The van der Waals surface area contributed by atoms with Crippen molar-refractivity contribution in [2.45, 2.75) is 19.8 Å². The van der Waals surface area contributed by atoms with Crippen molar-refractivity contribution in [3.63, 3.8) is 0 Å². The molecule has 1 aromatic heterocycles. The van der Waals surface area contributed by atoms with Crippen molar-refractivity contribution in [2.75, 3.05) is 19.7 Å². The summed E-state index contributed by atoms with van der Waals surface area (Å²) in [5, 5.41) is 2.31. The van der Waals surface area contributed by atoms with Gasteiger partial charge in [0.2, 0.25) is 0 Å². The van der Waals surface area contributed by atoms with Crippen LogP contribution < -0.4 is 5.56 Å².